The quantitative estimate of drug-likeness (QED) is 0.391. The predicted molar refractivity (Wildman–Crippen MR) is 94.7 cm³/mol. The minimum Gasteiger partial charge on any atom is -0.497 e. The third kappa shape index (κ3) is 4.41. The van der Waals surface area contributed by atoms with Crippen molar-refractivity contribution in [2.24, 2.45) is 0 Å². The summed E-state index contributed by atoms with van der Waals surface area (Å²) in [7, 11) is -6.76. The first-order chi connectivity index (χ1) is 12.6. The van der Waals surface area contributed by atoms with Gasteiger partial charge in [-0.25, -0.2) is 22.3 Å². The molecule has 0 spiro atoms. The molecule has 12 heteroatoms. The molecule has 0 radical (unpaired) electrons. The van der Waals surface area contributed by atoms with Crippen LogP contribution < -0.4 is 14.9 Å². The van der Waals surface area contributed by atoms with Gasteiger partial charge in [-0.15, -0.1) is 0 Å². The Bertz CT molecular complexity index is 875. The van der Waals surface area contributed by atoms with E-state index in [9.17, 15) is 21.6 Å². The van der Waals surface area contributed by atoms with Gasteiger partial charge in [-0.05, 0) is 37.1 Å². The standard InChI is InChI=1S/C15H22N2O8S2/c1-24-11-3-5-12(6-4-11)27(22,23)17-13(14(18)16-19)15(26(2,20)21)7-9-25-10-8-15/h3-6,13,17,19H,7-10H2,1-2H3,(H,16,18). The van der Waals surface area contributed by atoms with E-state index < -0.39 is 36.6 Å². The van der Waals surface area contributed by atoms with E-state index in [0.29, 0.717) is 5.75 Å². The molecule has 27 heavy (non-hydrogen) atoms. The third-order valence-electron chi connectivity index (χ3n) is 4.62. The van der Waals surface area contributed by atoms with E-state index in [2.05, 4.69) is 4.72 Å². The van der Waals surface area contributed by atoms with Crippen LogP contribution in [-0.4, -0.2) is 65.3 Å². The SMILES string of the molecule is COc1ccc(S(=O)(=O)NC(C(=O)NO)C2(S(C)(=O)=O)CCOCC2)cc1. The van der Waals surface area contributed by atoms with Crippen LogP contribution in [0.5, 0.6) is 5.75 Å². The Balaban J connectivity index is 2.48. The lowest BCUT2D eigenvalue weighted by Crippen LogP contribution is -2.64. The summed E-state index contributed by atoms with van der Waals surface area (Å²) in [6.45, 7) is 0.0685. The lowest BCUT2D eigenvalue weighted by molar-refractivity contribution is -0.132. The van der Waals surface area contributed by atoms with Crippen LogP contribution in [0.15, 0.2) is 29.2 Å². The number of hydrogen-bond donors (Lipinski definition) is 3. The zero-order valence-corrected chi connectivity index (χ0v) is 16.5. The average molecular weight is 422 g/mol. The molecule has 1 unspecified atom stereocenters. The fourth-order valence-electron chi connectivity index (χ4n) is 3.03. The zero-order chi connectivity index (χ0) is 20.3. The number of benzene rings is 1. The van der Waals surface area contributed by atoms with Crippen LogP contribution in [0.3, 0.4) is 0 Å². The molecule has 1 heterocycles. The lowest BCUT2D eigenvalue weighted by atomic mass is 9.90. The predicted octanol–water partition coefficient (Wildman–Crippen LogP) is -0.559. The molecule has 152 valence electrons. The first kappa shape index (κ1) is 21.6. The van der Waals surface area contributed by atoms with E-state index in [-0.39, 0.29) is 31.0 Å². The summed E-state index contributed by atoms with van der Waals surface area (Å²) in [5.41, 5.74) is 1.36. The van der Waals surface area contributed by atoms with E-state index >= 15 is 0 Å². The Kier molecular flexibility index (Phi) is 6.47. The second kappa shape index (κ2) is 8.10. The van der Waals surface area contributed by atoms with Gasteiger partial charge in [0.25, 0.3) is 5.91 Å². The molecule has 10 nitrogen and oxygen atoms in total. The van der Waals surface area contributed by atoms with Crippen LogP contribution in [-0.2, 0) is 29.4 Å². The Morgan fingerprint density at radius 3 is 2.19 bits per heavy atom. The molecule has 1 aliphatic heterocycles. The molecule has 1 aliphatic rings. The summed E-state index contributed by atoms with van der Waals surface area (Å²) in [5, 5.41) is 9.07. The van der Waals surface area contributed by atoms with Crippen molar-refractivity contribution in [1.29, 1.82) is 0 Å². The Hall–Kier alpha value is -1.73. The maximum Gasteiger partial charge on any atom is 0.263 e. The minimum absolute atomic E-state index is 0.0343. The normalized spacial score (nSPS) is 18.5. The van der Waals surface area contributed by atoms with Crippen LogP contribution in [0.2, 0.25) is 0 Å². The molecule has 0 saturated carbocycles. The highest BCUT2D eigenvalue weighted by Gasteiger charge is 2.53. The van der Waals surface area contributed by atoms with Crippen molar-refractivity contribution in [3.63, 3.8) is 0 Å². The Morgan fingerprint density at radius 2 is 1.74 bits per heavy atom. The summed E-state index contributed by atoms with van der Waals surface area (Å²) in [5.74, 6) is -0.741. The van der Waals surface area contributed by atoms with Crippen LogP contribution in [0.1, 0.15) is 12.8 Å². The van der Waals surface area contributed by atoms with Gasteiger partial charge >= 0.3 is 0 Å². The fourth-order valence-corrected chi connectivity index (χ4v) is 5.88. The van der Waals surface area contributed by atoms with Gasteiger partial charge in [-0.1, -0.05) is 0 Å². The number of carbonyl (C=O) groups excluding carboxylic acids is 1. The van der Waals surface area contributed by atoms with Crippen LogP contribution in [0.4, 0.5) is 0 Å². The molecule has 1 saturated heterocycles. The second-order valence-electron chi connectivity index (χ2n) is 6.16. The van der Waals surface area contributed by atoms with E-state index in [1.807, 2.05) is 0 Å². The first-order valence-electron chi connectivity index (χ1n) is 7.95. The number of hydroxylamine groups is 1. The van der Waals surface area contributed by atoms with Gasteiger partial charge in [-0.3, -0.25) is 10.0 Å². The number of amides is 1. The molecule has 0 aromatic heterocycles. The number of sulfonamides is 1. The molecule has 0 bridgehead atoms. The van der Waals surface area contributed by atoms with Gasteiger partial charge < -0.3 is 9.47 Å². The topological polar surface area (TPSA) is 148 Å². The molecule has 1 amide bonds. The molecular formula is C15H22N2O8S2. The highest BCUT2D eigenvalue weighted by atomic mass is 32.2. The van der Waals surface area contributed by atoms with Gasteiger partial charge in [0.15, 0.2) is 9.84 Å². The molecule has 1 aromatic carbocycles. The second-order valence-corrected chi connectivity index (χ2v) is 10.2. The Morgan fingerprint density at radius 1 is 1.19 bits per heavy atom. The van der Waals surface area contributed by atoms with Crippen molar-refractivity contribution < 1.29 is 36.3 Å². The fraction of sp³-hybridized carbons (Fsp3) is 0.533. The van der Waals surface area contributed by atoms with Gasteiger partial charge in [0.1, 0.15) is 16.5 Å². The zero-order valence-electron chi connectivity index (χ0n) is 14.8. The van der Waals surface area contributed by atoms with Crippen molar-refractivity contribution in [2.75, 3.05) is 26.6 Å². The number of ether oxygens (including phenoxy) is 2. The van der Waals surface area contributed by atoms with E-state index in [4.69, 9.17) is 14.7 Å². The summed E-state index contributed by atoms with van der Waals surface area (Å²) >= 11 is 0. The van der Waals surface area contributed by atoms with Crippen molar-refractivity contribution in [2.45, 2.75) is 28.5 Å². The number of nitrogens with one attached hydrogen (secondary N) is 2. The number of rotatable bonds is 7. The molecular weight excluding hydrogens is 400 g/mol. The molecule has 1 fully saturated rings. The average Bonchev–Trinajstić information content (AvgIpc) is 2.65. The lowest BCUT2D eigenvalue weighted by Gasteiger charge is -2.40. The van der Waals surface area contributed by atoms with Gasteiger partial charge in [0, 0.05) is 19.5 Å². The van der Waals surface area contributed by atoms with Crippen molar-refractivity contribution in [1.82, 2.24) is 10.2 Å². The number of sulfone groups is 1. The maximum atomic E-state index is 12.7. The molecule has 2 rings (SSSR count). The largest absolute Gasteiger partial charge is 0.497 e. The monoisotopic (exact) mass is 422 g/mol. The van der Waals surface area contributed by atoms with Crippen molar-refractivity contribution >= 4 is 25.8 Å². The number of hydrogen-bond acceptors (Lipinski definition) is 8. The van der Waals surface area contributed by atoms with Gasteiger partial charge in [-0.2, -0.15) is 4.72 Å². The van der Waals surface area contributed by atoms with E-state index in [0.717, 1.165) is 6.26 Å². The van der Waals surface area contributed by atoms with Crippen LogP contribution in [0.25, 0.3) is 0 Å². The molecule has 1 aromatic rings. The van der Waals surface area contributed by atoms with Crippen LogP contribution >= 0.6 is 0 Å². The maximum absolute atomic E-state index is 12.7. The van der Waals surface area contributed by atoms with Crippen molar-refractivity contribution in [3.8, 4) is 5.75 Å². The first-order valence-corrected chi connectivity index (χ1v) is 11.3. The highest BCUT2D eigenvalue weighted by Crippen LogP contribution is 2.34. The number of carbonyl (C=O) groups is 1. The number of methoxy groups -OCH3 is 1. The smallest absolute Gasteiger partial charge is 0.263 e. The van der Waals surface area contributed by atoms with E-state index in [1.54, 1.807) is 0 Å². The molecule has 3 N–H and O–H groups in total. The van der Waals surface area contributed by atoms with E-state index in [1.165, 1.54) is 36.9 Å². The van der Waals surface area contributed by atoms with Gasteiger partial charge in [0.05, 0.1) is 12.0 Å². The molecule has 1 atom stereocenters. The summed E-state index contributed by atoms with van der Waals surface area (Å²) in [6, 6.07) is 3.60. The van der Waals surface area contributed by atoms with Crippen molar-refractivity contribution in [3.05, 3.63) is 24.3 Å². The minimum atomic E-state index is -4.27. The summed E-state index contributed by atoms with van der Waals surface area (Å²) in [4.78, 5) is 12.1. The summed E-state index contributed by atoms with van der Waals surface area (Å²) < 4.78 is 61.0. The Labute approximate surface area is 157 Å². The summed E-state index contributed by atoms with van der Waals surface area (Å²) in [6.07, 6.45) is 0.724. The highest BCUT2D eigenvalue weighted by molar-refractivity contribution is 7.92. The molecule has 0 aliphatic carbocycles. The van der Waals surface area contributed by atoms with Gasteiger partial charge in [0.2, 0.25) is 10.0 Å². The third-order valence-corrected chi connectivity index (χ3v) is 8.18. The van der Waals surface area contributed by atoms with Crippen LogP contribution in [0, 0.1) is 0 Å².